The van der Waals surface area contributed by atoms with Gasteiger partial charge in [0.1, 0.15) is 0 Å². The average molecular weight is 318 g/mol. The van der Waals surface area contributed by atoms with E-state index >= 15 is 0 Å². The van der Waals surface area contributed by atoms with Crippen LogP contribution in [0.3, 0.4) is 0 Å². The molecule has 0 heterocycles. The Morgan fingerprint density at radius 1 is 1.00 bits per heavy atom. The van der Waals surface area contributed by atoms with Crippen molar-refractivity contribution in [2.75, 3.05) is 17.2 Å². The van der Waals surface area contributed by atoms with Crippen LogP contribution in [0, 0.1) is 6.92 Å². The average Bonchev–Trinajstić information content (AvgIpc) is 2.48. The molecular weight excluding hydrogens is 302 g/mol. The van der Waals surface area contributed by atoms with Gasteiger partial charge in [-0.05, 0) is 48.9 Å². The largest absolute Gasteiger partial charge is 0.329 e. The Bertz CT molecular complexity index is 671. The summed E-state index contributed by atoms with van der Waals surface area (Å²) in [6.07, 6.45) is 0. The zero-order valence-electron chi connectivity index (χ0n) is 12.0. The molecule has 0 aliphatic rings. The number of anilines is 2. The van der Waals surface area contributed by atoms with E-state index in [1.807, 2.05) is 25.1 Å². The number of hydrogen-bond donors (Lipinski definition) is 3. The summed E-state index contributed by atoms with van der Waals surface area (Å²) in [5.74, 6) is -0.295. The summed E-state index contributed by atoms with van der Waals surface area (Å²) in [4.78, 5) is 23.4. The maximum atomic E-state index is 11.8. The van der Waals surface area contributed by atoms with Crippen LogP contribution in [0.5, 0.6) is 0 Å². The van der Waals surface area contributed by atoms with Gasteiger partial charge in [-0.25, -0.2) is 4.79 Å². The minimum absolute atomic E-state index is 0.118. The third-order valence-corrected chi connectivity index (χ3v) is 3.07. The number of carbonyl (C=O) groups excluding carboxylic acids is 2. The van der Waals surface area contributed by atoms with E-state index < -0.39 is 6.03 Å². The van der Waals surface area contributed by atoms with E-state index in [-0.39, 0.29) is 12.5 Å². The second-order valence-corrected chi connectivity index (χ2v) is 5.17. The maximum Gasteiger partial charge on any atom is 0.319 e. The summed E-state index contributed by atoms with van der Waals surface area (Å²) in [6.45, 7) is 1.82. The molecule has 0 atom stereocenters. The van der Waals surface area contributed by atoms with Crippen LogP contribution in [-0.4, -0.2) is 18.5 Å². The van der Waals surface area contributed by atoms with E-state index in [0.717, 1.165) is 5.56 Å². The Morgan fingerprint density at radius 3 is 2.41 bits per heavy atom. The van der Waals surface area contributed by atoms with E-state index in [0.29, 0.717) is 16.4 Å². The van der Waals surface area contributed by atoms with Crippen LogP contribution in [0.25, 0.3) is 0 Å². The van der Waals surface area contributed by atoms with Crippen molar-refractivity contribution in [3.63, 3.8) is 0 Å². The number of rotatable bonds is 4. The highest BCUT2D eigenvalue weighted by atomic mass is 35.5. The maximum absolute atomic E-state index is 11.8. The van der Waals surface area contributed by atoms with Crippen LogP contribution < -0.4 is 16.0 Å². The molecule has 0 aromatic heterocycles. The molecule has 0 spiro atoms. The molecule has 6 heteroatoms. The molecule has 0 bridgehead atoms. The quantitative estimate of drug-likeness (QED) is 0.808. The van der Waals surface area contributed by atoms with E-state index in [2.05, 4.69) is 16.0 Å². The van der Waals surface area contributed by atoms with Crippen LogP contribution in [-0.2, 0) is 4.79 Å². The minimum Gasteiger partial charge on any atom is -0.329 e. The molecular formula is C16H16ClN3O2. The minimum atomic E-state index is -0.457. The van der Waals surface area contributed by atoms with E-state index in [4.69, 9.17) is 11.6 Å². The zero-order chi connectivity index (χ0) is 15.9. The van der Waals surface area contributed by atoms with Gasteiger partial charge in [0, 0.05) is 16.4 Å². The van der Waals surface area contributed by atoms with Crippen molar-refractivity contribution in [1.29, 1.82) is 0 Å². The van der Waals surface area contributed by atoms with Crippen molar-refractivity contribution >= 4 is 34.9 Å². The highest BCUT2D eigenvalue weighted by molar-refractivity contribution is 6.30. The van der Waals surface area contributed by atoms with E-state index in [1.165, 1.54) is 0 Å². The van der Waals surface area contributed by atoms with Gasteiger partial charge in [0.2, 0.25) is 5.91 Å². The second-order valence-electron chi connectivity index (χ2n) is 4.73. The third kappa shape index (κ3) is 5.10. The van der Waals surface area contributed by atoms with Gasteiger partial charge in [0.05, 0.1) is 6.54 Å². The van der Waals surface area contributed by atoms with Crippen molar-refractivity contribution in [3.05, 3.63) is 59.1 Å². The monoisotopic (exact) mass is 317 g/mol. The molecule has 2 rings (SSSR count). The zero-order valence-corrected chi connectivity index (χ0v) is 12.8. The van der Waals surface area contributed by atoms with Gasteiger partial charge in [-0.3, -0.25) is 4.79 Å². The summed E-state index contributed by atoms with van der Waals surface area (Å²) in [5, 5.41) is 8.39. The Hall–Kier alpha value is -2.53. The summed E-state index contributed by atoms with van der Waals surface area (Å²) in [5.41, 5.74) is 2.34. The number of benzene rings is 2. The smallest absolute Gasteiger partial charge is 0.319 e. The van der Waals surface area contributed by atoms with E-state index in [1.54, 1.807) is 30.3 Å². The predicted octanol–water partition coefficient (Wildman–Crippen LogP) is 3.41. The first-order chi connectivity index (χ1) is 10.5. The summed E-state index contributed by atoms with van der Waals surface area (Å²) in [6, 6.07) is 13.7. The summed E-state index contributed by atoms with van der Waals surface area (Å²) in [7, 11) is 0. The lowest BCUT2D eigenvalue weighted by Crippen LogP contribution is -2.35. The molecule has 0 saturated carbocycles. The molecule has 22 heavy (non-hydrogen) atoms. The fraction of sp³-hybridized carbons (Fsp3) is 0.125. The molecule has 114 valence electrons. The van der Waals surface area contributed by atoms with E-state index in [9.17, 15) is 9.59 Å². The lowest BCUT2D eigenvalue weighted by Gasteiger charge is -2.09. The lowest BCUT2D eigenvalue weighted by atomic mass is 10.2. The van der Waals surface area contributed by atoms with Crippen molar-refractivity contribution in [3.8, 4) is 0 Å². The molecule has 0 fully saturated rings. The van der Waals surface area contributed by atoms with Gasteiger partial charge in [0.15, 0.2) is 0 Å². The van der Waals surface area contributed by atoms with Crippen LogP contribution in [0.1, 0.15) is 5.56 Å². The van der Waals surface area contributed by atoms with Gasteiger partial charge >= 0.3 is 6.03 Å². The first-order valence-electron chi connectivity index (χ1n) is 6.70. The molecule has 3 amide bonds. The number of aryl methyl sites for hydroxylation is 1. The molecule has 2 aromatic rings. The highest BCUT2D eigenvalue weighted by Crippen LogP contribution is 2.13. The van der Waals surface area contributed by atoms with Crippen molar-refractivity contribution in [2.45, 2.75) is 6.92 Å². The Labute approximate surface area is 133 Å². The Kier molecular flexibility index (Phi) is 5.38. The Balaban J connectivity index is 1.78. The highest BCUT2D eigenvalue weighted by Gasteiger charge is 2.06. The molecule has 5 nitrogen and oxygen atoms in total. The topological polar surface area (TPSA) is 70.2 Å². The molecule has 0 saturated heterocycles. The van der Waals surface area contributed by atoms with Crippen molar-refractivity contribution < 1.29 is 9.59 Å². The number of amides is 3. The SMILES string of the molecule is Cc1cccc(NC(=O)CNC(=O)Nc2ccc(Cl)cc2)c1. The Morgan fingerprint density at radius 2 is 1.73 bits per heavy atom. The van der Waals surface area contributed by atoms with Gasteiger partial charge in [-0.1, -0.05) is 23.7 Å². The van der Waals surface area contributed by atoms with Crippen LogP contribution in [0.15, 0.2) is 48.5 Å². The first-order valence-corrected chi connectivity index (χ1v) is 7.08. The second kappa shape index (κ2) is 7.47. The van der Waals surface area contributed by atoms with Gasteiger partial charge < -0.3 is 16.0 Å². The van der Waals surface area contributed by atoms with Gasteiger partial charge in [-0.2, -0.15) is 0 Å². The fourth-order valence-corrected chi connectivity index (χ4v) is 1.92. The number of urea groups is 1. The lowest BCUT2D eigenvalue weighted by molar-refractivity contribution is -0.115. The molecule has 0 aliphatic carbocycles. The summed E-state index contributed by atoms with van der Waals surface area (Å²) >= 11 is 5.76. The molecule has 3 N–H and O–H groups in total. The first kappa shape index (κ1) is 15.9. The number of nitrogens with one attached hydrogen (secondary N) is 3. The number of carbonyl (C=O) groups is 2. The van der Waals surface area contributed by atoms with Crippen molar-refractivity contribution in [1.82, 2.24) is 5.32 Å². The third-order valence-electron chi connectivity index (χ3n) is 2.81. The summed E-state index contributed by atoms with van der Waals surface area (Å²) < 4.78 is 0. The number of hydrogen-bond acceptors (Lipinski definition) is 2. The van der Waals surface area contributed by atoms with Crippen LogP contribution in [0.4, 0.5) is 16.2 Å². The van der Waals surface area contributed by atoms with Crippen LogP contribution in [0.2, 0.25) is 5.02 Å². The van der Waals surface area contributed by atoms with Crippen LogP contribution >= 0.6 is 11.6 Å². The molecule has 0 unspecified atom stereocenters. The predicted molar refractivity (Wildman–Crippen MR) is 88.3 cm³/mol. The fourth-order valence-electron chi connectivity index (χ4n) is 1.80. The molecule has 2 aromatic carbocycles. The normalized spacial score (nSPS) is 9.91. The molecule has 0 aliphatic heterocycles. The number of halogens is 1. The van der Waals surface area contributed by atoms with Gasteiger partial charge in [-0.15, -0.1) is 0 Å². The molecule has 0 radical (unpaired) electrons. The standard InChI is InChI=1S/C16H16ClN3O2/c1-11-3-2-4-14(9-11)19-15(21)10-18-16(22)20-13-7-5-12(17)6-8-13/h2-9H,10H2,1H3,(H,19,21)(H2,18,20,22). The van der Waals surface area contributed by atoms with Crippen molar-refractivity contribution in [2.24, 2.45) is 0 Å². The van der Waals surface area contributed by atoms with Gasteiger partial charge in [0.25, 0.3) is 0 Å².